The second-order valence-electron chi connectivity index (χ2n) is 11.4. The monoisotopic (exact) mass is 527 g/mol. The predicted octanol–water partition coefficient (Wildman–Crippen LogP) is 4.42. The Hall–Kier alpha value is -3.74. The first-order valence-corrected chi connectivity index (χ1v) is 13.6. The molecule has 3 N–H and O–H groups in total. The number of hydrogen-bond acceptors (Lipinski definition) is 9. The third kappa shape index (κ3) is 5.54. The minimum absolute atomic E-state index is 0.0178. The van der Waals surface area contributed by atoms with Gasteiger partial charge in [0.15, 0.2) is 0 Å². The van der Waals surface area contributed by atoms with Crippen LogP contribution in [0.15, 0.2) is 30.5 Å². The van der Waals surface area contributed by atoms with E-state index in [1.54, 1.807) is 6.20 Å². The van der Waals surface area contributed by atoms with Crippen molar-refractivity contribution >= 4 is 17.3 Å². The number of ether oxygens (including phenoxy) is 1. The van der Waals surface area contributed by atoms with Crippen LogP contribution in [0.4, 0.5) is 17.3 Å². The zero-order valence-corrected chi connectivity index (χ0v) is 23.4. The average Bonchev–Trinajstić information content (AvgIpc) is 3.24. The molecule has 39 heavy (non-hydrogen) atoms. The van der Waals surface area contributed by atoms with Gasteiger partial charge in [0, 0.05) is 55.5 Å². The molecule has 9 nitrogen and oxygen atoms in total. The van der Waals surface area contributed by atoms with E-state index >= 15 is 0 Å². The van der Waals surface area contributed by atoms with Gasteiger partial charge in [-0.3, -0.25) is 0 Å². The van der Waals surface area contributed by atoms with Crippen molar-refractivity contribution < 1.29 is 9.84 Å². The van der Waals surface area contributed by atoms with Crippen LogP contribution in [0.5, 0.6) is 5.88 Å². The Kier molecular flexibility index (Phi) is 7.43. The Morgan fingerprint density at radius 3 is 2.77 bits per heavy atom. The standard InChI is InChI=1S/C30H37N7O2/c1-18(2)39-28-26(10-20(4)24(34-28)7-9-37-14-19(3)15-37)36-29-32-8-6-25(35-29)21-11-22(13-31)27-23(12-21)30(5,17-38)16-33-27/h6,8,10-12,18-19,33,38H,7,9,14-17H2,1-5H3,(H,32,35,36)/t30-/m1/s1. The first-order chi connectivity index (χ1) is 18.7. The third-order valence-corrected chi connectivity index (χ3v) is 7.55. The first-order valence-electron chi connectivity index (χ1n) is 13.6. The molecule has 0 radical (unpaired) electrons. The van der Waals surface area contributed by atoms with Crippen molar-refractivity contribution in [3.8, 4) is 23.2 Å². The molecular formula is C30H37N7O2. The van der Waals surface area contributed by atoms with E-state index in [0.717, 1.165) is 60.0 Å². The molecule has 1 fully saturated rings. The fourth-order valence-corrected chi connectivity index (χ4v) is 5.33. The molecule has 2 aliphatic heterocycles. The van der Waals surface area contributed by atoms with E-state index in [2.05, 4.69) is 46.5 Å². The van der Waals surface area contributed by atoms with Crippen molar-refractivity contribution in [1.82, 2.24) is 19.9 Å². The van der Waals surface area contributed by atoms with E-state index in [-0.39, 0.29) is 12.7 Å². The summed E-state index contributed by atoms with van der Waals surface area (Å²) in [5.41, 5.74) is 6.07. The summed E-state index contributed by atoms with van der Waals surface area (Å²) < 4.78 is 6.10. The summed E-state index contributed by atoms with van der Waals surface area (Å²) in [6, 6.07) is 9.99. The van der Waals surface area contributed by atoms with Crippen LogP contribution in [0.1, 0.15) is 50.1 Å². The summed E-state index contributed by atoms with van der Waals surface area (Å²) in [4.78, 5) is 16.6. The summed E-state index contributed by atoms with van der Waals surface area (Å²) in [5, 5.41) is 26.4. The number of hydrogen-bond donors (Lipinski definition) is 3. The van der Waals surface area contributed by atoms with Crippen molar-refractivity contribution in [2.45, 2.75) is 52.6 Å². The SMILES string of the molecule is Cc1cc(Nc2nccc(-c3cc(C#N)c4c(c3)[C@@](C)(CO)CN4)n2)c(OC(C)C)nc1CCN1CC(C)C1. The predicted molar refractivity (Wildman–Crippen MR) is 152 cm³/mol. The highest BCUT2D eigenvalue weighted by Crippen LogP contribution is 2.41. The summed E-state index contributed by atoms with van der Waals surface area (Å²) >= 11 is 0. The molecule has 0 unspecified atom stereocenters. The van der Waals surface area contributed by atoms with Crippen molar-refractivity contribution in [3.63, 3.8) is 0 Å². The maximum Gasteiger partial charge on any atom is 0.238 e. The van der Waals surface area contributed by atoms with Crippen LogP contribution >= 0.6 is 0 Å². The topological polar surface area (TPSA) is 119 Å². The van der Waals surface area contributed by atoms with Gasteiger partial charge < -0.3 is 25.4 Å². The van der Waals surface area contributed by atoms with Gasteiger partial charge in [0.05, 0.1) is 29.7 Å². The van der Waals surface area contributed by atoms with E-state index in [0.29, 0.717) is 35.3 Å². The Labute approximate surface area is 230 Å². The lowest BCUT2D eigenvalue weighted by Crippen LogP contribution is -2.45. The van der Waals surface area contributed by atoms with Crippen LogP contribution in [0.2, 0.25) is 0 Å². The highest BCUT2D eigenvalue weighted by molar-refractivity contribution is 5.76. The first kappa shape index (κ1) is 26.9. The lowest BCUT2D eigenvalue weighted by Gasteiger charge is -2.37. The molecule has 0 aliphatic carbocycles. The quantitative estimate of drug-likeness (QED) is 0.371. The number of pyridine rings is 1. The van der Waals surface area contributed by atoms with Crippen LogP contribution < -0.4 is 15.4 Å². The number of aromatic nitrogens is 3. The Morgan fingerprint density at radius 1 is 1.28 bits per heavy atom. The largest absolute Gasteiger partial charge is 0.473 e. The van der Waals surface area contributed by atoms with Crippen molar-refractivity contribution in [2.75, 3.05) is 43.4 Å². The zero-order chi connectivity index (χ0) is 27.7. The Bertz CT molecular complexity index is 1410. The lowest BCUT2D eigenvalue weighted by atomic mass is 9.83. The zero-order valence-electron chi connectivity index (χ0n) is 23.4. The van der Waals surface area contributed by atoms with Gasteiger partial charge in [-0.25, -0.2) is 15.0 Å². The highest BCUT2D eigenvalue weighted by Gasteiger charge is 2.36. The maximum atomic E-state index is 10.0. The molecular weight excluding hydrogens is 490 g/mol. The van der Waals surface area contributed by atoms with E-state index in [9.17, 15) is 10.4 Å². The number of likely N-dealkylation sites (tertiary alicyclic amines) is 1. The second kappa shape index (κ2) is 10.8. The molecule has 204 valence electrons. The molecule has 2 aliphatic rings. The minimum Gasteiger partial charge on any atom is -0.473 e. The van der Waals surface area contributed by atoms with Crippen molar-refractivity contribution in [3.05, 3.63) is 52.8 Å². The summed E-state index contributed by atoms with van der Waals surface area (Å²) in [6.45, 7) is 14.2. The summed E-state index contributed by atoms with van der Waals surface area (Å²) in [7, 11) is 0. The van der Waals surface area contributed by atoms with Gasteiger partial charge in [-0.1, -0.05) is 13.8 Å². The molecule has 1 saturated heterocycles. The summed E-state index contributed by atoms with van der Waals surface area (Å²) in [5.74, 6) is 1.72. The number of benzene rings is 1. The van der Waals surface area contributed by atoms with E-state index in [1.165, 1.54) is 0 Å². The number of nitriles is 1. The molecule has 0 bridgehead atoms. The van der Waals surface area contributed by atoms with Gasteiger partial charge in [0.2, 0.25) is 11.8 Å². The number of nitrogens with zero attached hydrogens (tertiary/aromatic N) is 5. The molecule has 5 rings (SSSR count). The normalized spacial score (nSPS) is 18.8. The van der Waals surface area contributed by atoms with Gasteiger partial charge in [0.25, 0.3) is 0 Å². The molecule has 1 aromatic carbocycles. The van der Waals surface area contributed by atoms with Gasteiger partial charge >= 0.3 is 0 Å². The highest BCUT2D eigenvalue weighted by atomic mass is 16.5. The van der Waals surface area contributed by atoms with Crippen LogP contribution in [0.3, 0.4) is 0 Å². The van der Waals surface area contributed by atoms with Crippen molar-refractivity contribution in [2.24, 2.45) is 5.92 Å². The van der Waals surface area contributed by atoms with Gasteiger partial charge in [-0.05, 0) is 62.1 Å². The van der Waals surface area contributed by atoms with Crippen LogP contribution in [-0.2, 0) is 11.8 Å². The van der Waals surface area contributed by atoms with Gasteiger partial charge in [-0.15, -0.1) is 0 Å². The molecule has 0 amide bonds. The molecule has 3 aromatic rings. The minimum atomic E-state index is -0.465. The molecule has 0 saturated carbocycles. The van der Waals surface area contributed by atoms with E-state index < -0.39 is 5.41 Å². The van der Waals surface area contributed by atoms with Gasteiger partial charge in [0.1, 0.15) is 11.8 Å². The number of aliphatic hydroxyl groups excluding tert-OH is 1. The van der Waals surface area contributed by atoms with Crippen LogP contribution in [-0.4, -0.2) is 63.8 Å². The number of rotatable bonds is 9. The number of anilines is 3. The van der Waals surface area contributed by atoms with E-state index in [1.807, 2.05) is 39.0 Å². The fourth-order valence-electron chi connectivity index (χ4n) is 5.33. The number of aliphatic hydroxyl groups is 1. The lowest BCUT2D eigenvalue weighted by molar-refractivity contribution is 0.114. The molecule has 9 heteroatoms. The third-order valence-electron chi connectivity index (χ3n) is 7.55. The average molecular weight is 528 g/mol. The van der Waals surface area contributed by atoms with Crippen LogP contribution in [0.25, 0.3) is 11.3 Å². The molecule has 4 heterocycles. The number of fused-ring (bicyclic) bond motifs is 1. The summed E-state index contributed by atoms with van der Waals surface area (Å²) in [6.07, 6.45) is 2.53. The Balaban J connectivity index is 1.43. The van der Waals surface area contributed by atoms with Gasteiger partial charge in [-0.2, -0.15) is 5.26 Å². The smallest absolute Gasteiger partial charge is 0.238 e. The number of nitrogens with one attached hydrogen (secondary N) is 2. The maximum absolute atomic E-state index is 10.0. The van der Waals surface area contributed by atoms with Crippen molar-refractivity contribution in [1.29, 1.82) is 5.26 Å². The molecule has 0 spiro atoms. The Morgan fingerprint density at radius 2 is 2.08 bits per heavy atom. The van der Waals surface area contributed by atoms with Crippen LogP contribution in [0, 0.1) is 24.2 Å². The molecule has 2 aromatic heterocycles. The fraction of sp³-hybridized carbons (Fsp3) is 0.467. The second-order valence-corrected chi connectivity index (χ2v) is 11.4. The number of aryl methyl sites for hydroxylation is 1. The van der Waals surface area contributed by atoms with E-state index in [4.69, 9.17) is 14.7 Å². The molecule has 1 atom stereocenters.